The number of guanidine groups is 1. The number of benzene rings is 1. The van der Waals surface area contributed by atoms with E-state index in [-0.39, 0.29) is 24.0 Å². The lowest BCUT2D eigenvalue weighted by atomic mass is 10.1. The van der Waals surface area contributed by atoms with E-state index >= 15 is 0 Å². The largest absolute Gasteiger partial charge is 0.493 e. The van der Waals surface area contributed by atoms with E-state index in [2.05, 4.69) is 43.2 Å². The number of nitrogens with one attached hydrogen (secondary N) is 1. The fraction of sp³-hybridized carbons (Fsp3) is 0.562. The smallest absolute Gasteiger partial charge is 0.188 e. The Labute approximate surface area is 145 Å². The molecule has 0 bridgehead atoms. The van der Waals surface area contributed by atoms with Gasteiger partial charge in [0.1, 0.15) is 5.75 Å². The summed E-state index contributed by atoms with van der Waals surface area (Å²) < 4.78 is 5.65. The van der Waals surface area contributed by atoms with Crippen molar-refractivity contribution in [3.63, 3.8) is 0 Å². The van der Waals surface area contributed by atoms with Crippen LogP contribution in [-0.2, 0) is 6.42 Å². The van der Waals surface area contributed by atoms with Gasteiger partial charge in [-0.15, -0.1) is 24.0 Å². The highest BCUT2D eigenvalue weighted by Crippen LogP contribution is 2.13. The first kappa shape index (κ1) is 20.0. The van der Waals surface area contributed by atoms with E-state index in [0.717, 1.165) is 38.3 Å². The van der Waals surface area contributed by atoms with E-state index in [4.69, 9.17) is 10.5 Å². The summed E-state index contributed by atoms with van der Waals surface area (Å²) in [6, 6.07) is 8.23. The van der Waals surface area contributed by atoms with Gasteiger partial charge in [0.2, 0.25) is 0 Å². The SMILES string of the molecule is CCCN=C(N)NCCc1ccc(OCC(C)C)cc1.I. The monoisotopic (exact) mass is 405 g/mol. The van der Waals surface area contributed by atoms with Crippen LogP contribution in [-0.4, -0.2) is 25.7 Å². The normalized spacial score (nSPS) is 11.1. The molecular weight excluding hydrogens is 377 g/mol. The molecule has 0 saturated carbocycles. The first-order valence-corrected chi connectivity index (χ1v) is 7.37. The van der Waals surface area contributed by atoms with Crippen molar-refractivity contribution in [2.45, 2.75) is 33.6 Å². The van der Waals surface area contributed by atoms with E-state index in [1.165, 1.54) is 5.56 Å². The molecule has 120 valence electrons. The summed E-state index contributed by atoms with van der Waals surface area (Å²) in [5.41, 5.74) is 7.00. The number of halogens is 1. The predicted octanol–water partition coefficient (Wildman–Crippen LogP) is 3.20. The first-order valence-electron chi connectivity index (χ1n) is 7.37. The molecule has 1 rings (SSSR count). The first-order chi connectivity index (χ1) is 9.61. The molecule has 0 aliphatic carbocycles. The third-order valence-electron chi connectivity index (χ3n) is 2.73. The molecule has 0 unspecified atom stereocenters. The minimum Gasteiger partial charge on any atom is -0.493 e. The second-order valence-electron chi connectivity index (χ2n) is 5.29. The summed E-state index contributed by atoms with van der Waals surface area (Å²) in [4.78, 5) is 4.19. The van der Waals surface area contributed by atoms with E-state index in [1.807, 2.05) is 12.1 Å². The molecular formula is C16H28IN3O. The van der Waals surface area contributed by atoms with Gasteiger partial charge in [0, 0.05) is 13.1 Å². The number of hydrogen-bond donors (Lipinski definition) is 2. The van der Waals surface area contributed by atoms with Gasteiger partial charge < -0.3 is 15.8 Å². The van der Waals surface area contributed by atoms with Crippen LogP contribution in [0, 0.1) is 5.92 Å². The van der Waals surface area contributed by atoms with Gasteiger partial charge in [-0.1, -0.05) is 32.9 Å². The van der Waals surface area contributed by atoms with Crippen LogP contribution in [0.5, 0.6) is 5.75 Å². The van der Waals surface area contributed by atoms with E-state index < -0.39 is 0 Å². The second kappa shape index (κ2) is 11.7. The molecule has 0 spiro atoms. The zero-order valence-electron chi connectivity index (χ0n) is 13.3. The number of aliphatic imine (C=N–C) groups is 1. The lowest BCUT2D eigenvalue weighted by molar-refractivity contribution is 0.271. The van der Waals surface area contributed by atoms with Gasteiger partial charge in [-0.3, -0.25) is 4.99 Å². The van der Waals surface area contributed by atoms with Crippen molar-refractivity contribution in [1.82, 2.24) is 5.32 Å². The predicted molar refractivity (Wildman–Crippen MR) is 101 cm³/mol. The van der Waals surface area contributed by atoms with Crippen molar-refractivity contribution < 1.29 is 4.74 Å². The Kier molecular flexibility index (Phi) is 11.1. The average Bonchev–Trinajstić information content (AvgIpc) is 2.44. The lowest BCUT2D eigenvalue weighted by Gasteiger charge is -2.09. The van der Waals surface area contributed by atoms with Gasteiger partial charge in [0.15, 0.2) is 5.96 Å². The second-order valence-corrected chi connectivity index (χ2v) is 5.29. The molecule has 0 atom stereocenters. The van der Waals surface area contributed by atoms with Crippen LogP contribution < -0.4 is 15.8 Å². The Morgan fingerprint density at radius 1 is 1.29 bits per heavy atom. The number of nitrogens with zero attached hydrogens (tertiary/aromatic N) is 1. The molecule has 0 aliphatic heterocycles. The molecule has 0 amide bonds. The van der Waals surface area contributed by atoms with Gasteiger partial charge in [0.25, 0.3) is 0 Å². The summed E-state index contributed by atoms with van der Waals surface area (Å²) in [6.07, 6.45) is 1.94. The summed E-state index contributed by atoms with van der Waals surface area (Å²) >= 11 is 0. The lowest BCUT2D eigenvalue weighted by Crippen LogP contribution is -2.33. The maximum absolute atomic E-state index is 5.73. The molecule has 5 heteroatoms. The number of ether oxygens (including phenoxy) is 1. The Bertz CT molecular complexity index is 404. The van der Waals surface area contributed by atoms with Crippen LogP contribution in [0.4, 0.5) is 0 Å². The van der Waals surface area contributed by atoms with Crippen LogP contribution in [0.25, 0.3) is 0 Å². The van der Waals surface area contributed by atoms with Crippen LogP contribution in [0.3, 0.4) is 0 Å². The van der Waals surface area contributed by atoms with Gasteiger partial charge in [-0.2, -0.15) is 0 Å². The average molecular weight is 405 g/mol. The van der Waals surface area contributed by atoms with Gasteiger partial charge in [0.05, 0.1) is 6.61 Å². The third-order valence-corrected chi connectivity index (χ3v) is 2.73. The maximum atomic E-state index is 5.73. The standard InChI is InChI=1S/C16H27N3O.HI/c1-4-10-18-16(17)19-11-9-14-5-7-15(8-6-14)20-12-13(2)3;/h5-8,13H,4,9-12H2,1-3H3,(H3,17,18,19);1H. The zero-order chi connectivity index (χ0) is 14.8. The maximum Gasteiger partial charge on any atom is 0.188 e. The van der Waals surface area contributed by atoms with Crippen molar-refractivity contribution in [2.75, 3.05) is 19.7 Å². The summed E-state index contributed by atoms with van der Waals surface area (Å²) in [6.45, 7) is 8.70. The number of rotatable bonds is 8. The zero-order valence-corrected chi connectivity index (χ0v) is 15.6. The minimum absolute atomic E-state index is 0. The van der Waals surface area contributed by atoms with E-state index in [1.54, 1.807) is 0 Å². The van der Waals surface area contributed by atoms with Crippen LogP contribution in [0.15, 0.2) is 29.3 Å². The summed E-state index contributed by atoms with van der Waals surface area (Å²) in [7, 11) is 0. The molecule has 1 aromatic carbocycles. The topological polar surface area (TPSA) is 59.6 Å². The van der Waals surface area contributed by atoms with Gasteiger partial charge in [-0.05, 0) is 36.5 Å². The molecule has 3 N–H and O–H groups in total. The van der Waals surface area contributed by atoms with E-state index in [0.29, 0.717) is 11.9 Å². The highest BCUT2D eigenvalue weighted by molar-refractivity contribution is 14.0. The van der Waals surface area contributed by atoms with E-state index in [9.17, 15) is 0 Å². The molecule has 0 aromatic heterocycles. The Balaban J connectivity index is 0.00000400. The molecule has 0 saturated heterocycles. The molecule has 0 heterocycles. The fourth-order valence-electron chi connectivity index (χ4n) is 1.64. The van der Waals surface area contributed by atoms with Gasteiger partial charge in [-0.25, -0.2) is 0 Å². The fourth-order valence-corrected chi connectivity index (χ4v) is 1.64. The minimum atomic E-state index is 0. The highest BCUT2D eigenvalue weighted by Gasteiger charge is 1.98. The number of hydrogen-bond acceptors (Lipinski definition) is 2. The molecule has 0 radical (unpaired) electrons. The van der Waals surface area contributed by atoms with Gasteiger partial charge >= 0.3 is 0 Å². The van der Waals surface area contributed by atoms with Crippen molar-refractivity contribution >= 4 is 29.9 Å². The van der Waals surface area contributed by atoms with Crippen molar-refractivity contribution in [3.8, 4) is 5.75 Å². The molecule has 21 heavy (non-hydrogen) atoms. The summed E-state index contributed by atoms with van der Waals surface area (Å²) in [5, 5.41) is 3.12. The third kappa shape index (κ3) is 9.55. The molecule has 4 nitrogen and oxygen atoms in total. The Hall–Kier alpha value is -0.980. The van der Waals surface area contributed by atoms with Crippen LogP contribution >= 0.6 is 24.0 Å². The van der Waals surface area contributed by atoms with Crippen molar-refractivity contribution in [3.05, 3.63) is 29.8 Å². The van der Waals surface area contributed by atoms with Crippen molar-refractivity contribution in [1.29, 1.82) is 0 Å². The van der Waals surface area contributed by atoms with Crippen LogP contribution in [0.2, 0.25) is 0 Å². The molecule has 1 aromatic rings. The highest BCUT2D eigenvalue weighted by atomic mass is 127. The molecule has 0 fully saturated rings. The molecule has 0 aliphatic rings. The number of nitrogens with two attached hydrogens (primary N) is 1. The van der Waals surface area contributed by atoms with Crippen LogP contribution in [0.1, 0.15) is 32.8 Å². The van der Waals surface area contributed by atoms with Crippen molar-refractivity contribution in [2.24, 2.45) is 16.6 Å². The summed E-state index contributed by atoms with van der Waals surface area (Å²) in [5.74, 6) is 2.01. The Morgan fingerprint density at radius 2 is 1.95 bits per heavy atom. The quantitative estimate of drug-likeness (QED) is 0.397. The Morgan fingerprint density at radius 3 is 2.52 bits per heavy atom.